The van der Waals surface area contributed by atoms with Gasteiger partial charge in [0, 0.05) is 10.6 Å². The number of halogens is 2. The minimum atomic E-state index is -0.751. The van der Waals surface area contributed by atoms with E-state index in [-0.39, 0.29) is 12.2 Å². The summed E-state index contributed by atoms with van der Waals surface area (Å²) < 4.78 is 20.1. The summed E-state index contributed by atoms with van der Waals surface area (Å²) in [4.78, 5) is 33.6. The monoisotopic (exact) mass is 756 g/mol. The maximum atomic E-state index is 14.4. The minimum absolute atomic E-state index is 0.184. The average Bonchev–Trinajstić information content (AvgIpc) is 3.41. The number of hydrogen-bond acceptors (Lipinski definition) is 7. The van der Waals surface area contributed by atoms with Crippen molar-refractivity contribution in [3.8, 4) is 11.5 Å². The van der Waals surface area contributed by atoms with Crippen molar-refractivity contribution in [2.24, 2.45) is 4.99 Å². The molecule has 0 aliphatic carbocycles. The number of methoxy groups -OCH3 is 1. The lowest BCUT2D eigenvalue weighted by atomic mass is 9.91. The summed E-state index contributed by atoms with van der Waals surface area (Å²) in [5, 5.41) is 0.654. The third-order valence-corrected chi connectivity index (χ3v) is 9.96. The summed E-state index contributed by atoms with van der Waals surface area (Å²) >= 11 is 10.9. The summed E-state index contributed by atoms with van der Waals surface area (Å²) in [6.07, 6.45) is 1.80. The van der Waals surface area contributed by atoms with E-state index in [1.54, 1.807) is 24.7 Å². The molecule has 0 unspecified atom stereocenters. The molecule has 2 heterocycles. The van der Waals surface area contributed by atoms with Crippen LogP contribution in [0.2, 0.25) is 5.02 Å². The van der Waals surface area contributed by atoms with Crippen molar-refractivity contribution in [2.75, 3.05) is 13.7 Å². The summed E-state index contributed by atoms with van der Waals surface area (Å²) in [6, 6.07) is 28.0. The van der Waals surface area contributed by atoms with Crippen molar-refractivity contribution >= 4 is 56.6 Å². The number of rotatable bonds is 10. The first-order valence-electron chi connectivity index (χ1n) is 15.8. The second-order valence-electron chi connectivity index (χ2n) is 11.7. The molecule has 7 nitrogen and oxygen atoms in total. The fourth-order valence-electron chi connectivity index (χ4n) is 5.67. The van der Waals surface area contributed by atoms with E-state index in [9.17, 15) is 9.59 Å². The number of carbonyl (C=O) groups is 1. The second kappa shape index (κ2) is 15.0. The molecule has 1 atom stereocenters. The summed E-state index contributed by atoms with van der Waals surface area (Å²) in [7, 11) is 1.57. The lowest BCUT2D eigenvalue weighted by molar-refractivity contribution is -0.138. The first-order valence-corrected chi connectivity index (χ1v) is 17.8. The number of hydrogen-bond donors (Lipinski definition) is 0. The summed E-state index contributed by atoms with van der Waals surface area (Å²) in [5.41, 5.74) is 4.90. The van der Waals surface area contributed by atoms with E-state index in [0.717, 1.165) is 27.8 Å². The van der Waals surface area contributed by atoms with E-state index in [4.69, 9.17) is 30.8 Å². The highest BCUT2D eigenvalue weighted by Gasteiger charge is 2.35. The average molecular weight is 758 g/mol. The first-order chi connectivity index (χ1) is 23.7. The van der Waals surface area contributed by atoms with E-state index in [1.165, 1.54) is 11.3 Å². The van der Waals surface area contributed by atoms with Crippen LogP contribution in [0.25, 0.3) is 11.8 Å². The lowest BCUT2D eigenvalue weighted by Gasteiger charge is -2.26. The Morgan fingerprint density at radius 2 is 1.76 bits per heavy atom. The van der Waals surface area contributed by atoms with Crippen LogP contribution in [0, 0.1) is 0 Å². The van der Waals surface area contributed by atoms with E-state index < -0.39 is 12.0 Å². The normalized spacial score (nSPS) is 14.4. The second-order valence-corrected chi connectivity index (χ2v) is 14.0. The maximum absolute atomic E-state index is 14.4. The number of carbonyl (C=O) groups excluding carboxylic acids is 1. The van der Waals surface area contributed by atoms with Gasteiger partial charge >= 0.3 is 5.97 Å². The number of benzene rings is 4. The Morgan fingerprint density at radius 3 is 2.41 bits per heavy atom. The molecule has 0 bridgehead atoms. The fraction of sp³-hybridized carbons (Fsp3) is 0.205. The largest absolute Gasteiger partial charge is 0.493 e. The predicted molar refractivity (Wildman–Crippen MR) is 198 cm³/mol. The van der Waals surface area contributed by atoms with Crippen LogP contribution in [0.3, 0.4) is 0 Å². The summed E-state index contributed by atoms with van der Waals surface area (Å²) in [5.74, 6) is 0.843. The Hall–Kier alpha value is -4.44. The molecule has 5 aromatic rings. The first kappa shape index (κ1) is 34.4. The molecular weight excluding hydrogens is 724 g/mol. The molecule has 0 spiro atoms. The number of esters is 1. The van der Waals surface area contributed by atoms with Gasteiger partial charge in [0.1, 0.15) is 6.61 Å². The SMILES string of the molecule is CCOC(=O)C1=C(c2ccccc2)N=c2s/c(=C\c3cc(Br)c(OCc4ccc(Cl)cc4)c(OC)c3)c(=O)n2[C@H]1c1ccc(C(C)C)cc1. The van der Waals surface area contributed by atoms with Crippen LogP contribution in [-0.4, -0.2) is 24.3 Å². The fourth-order valence-corrected chi connectivity index (χ4v) is 7.37. The number of nitrogens with zero attached hydrogens (tertiary/aromatic N) is 2. The van der Waals surface area contributed by atoms with Gasteiger partial charge in [-0.3, -0.25) is 9.36 Å². The number of ether oxygens (including phenoxy) is 3. The van der Waals surface area contributed by atoms with Crippen LogP contribution in [0.1, 0.15) is 60.5 Å². The van der Waals surface area contributed by atoms with E-state index in [1.807, 2.05) is 91.0 Å². The van der Waals surface area contributed by atoms with E-state index in [0.29, 0.717) is 54.1 Å². The third kappa shape index (κ3) is 7.29. The van der Waals surface area contributed by atoms with Crippen molar-refractivity contribution in [3.05, 3.63) is 154 Å². The van der Waals surface area contributed by atoms with Crippen LogP contribution < -0.4 is 24.4 Å². The van der Waals surface area contributed by atoms with Gasteiger partial charge in [0.25, 0.3) is 5.56 Å². The predicted octanol–water partition coefficient (Wildman–Crippen LogP) is 8.06. The zero-order valence-corrected chi connectivity index (χ0v) is 30.6. The Balaban J connectivity index is 1.49. The molecule has 250 valence electrons. The topological polar surface area (TPSA) is 79.1 Å². The Bertz CT molecular complexity index is 2210. The van der Waals surface area contributed by atoms with Gasteiger partial charge in [0.05, 0.1) is 40.0 Å². The molecular formula is C39H34BrClN2O5S. The van der Waals surface area contributed by atoms with Gasteiger partial charge in [-0.1, -0.05) is 104 Å². The molecule has 0 radical (unpaired) electrons. The van der Waals surface area contributed by atoms with Crippen molar-refractivity contribution < 1.29 is 19.0 Å². The van der Waals surface area contributed by atoms with Gasteiger partial charge in [-0.25, -0.2) is 9.79 Å². The number of thiazole rings is 1. The zero-order valence-electron chi connectivity index (χ0n) is 27.4. The molecule has 6 rings (SSSR count). The van der Waals surface area contributed by atoms with E-state index in [2.05, 4.69) is 29.8 Å². The minimum Gasteiger partial charge on any atom is -0.493 e. The molecule has 1 aliphatic rings. The van der Waals surface area contributed by atoms with Gasteiger partial charge in [-0.15, -0.1) is 0 Å². The highest BCUT2D eigenvalue weighted by Crippen LogP contribution is 2.38. The third-order valence-electron chi connectivity index (χ3n) is 8.14. The van der Waals surface area contributed by atoms with Gasteiger partial charge in [-0.05, 0) is 81.4 Å². The number of fused-ring (bicyclic) bond motifs is 1. The standard InChI is InChI=1S/C39H34BrClN2O5S/c1-5-47-38(45)33-34(27-9-7-6-8-10-27)42-39-43(35(33)28-15-13-26(14-16-28)23(2)3)37(44)32(49-39)21-25-19-30(40)36(31(20-25)46-4)48-22-24-11-17-29(41)18-12-24/h6-21,23,35H,5,22H2,1-4H3/b32-21-/t35-/m0/s1. The highest BCUT2D eigenvalue weighted by atomic mass is 79.9. The lowest BCUT2D eigenvalue weighted by Crippen LogP contribution is -2.40. The van der Waals surface area contributed by atoms with Crippen LogP contribution in [-0.2, 0) is 16.1 Å². The smallest absolute Gasteiger partial charge is 0.338 e. The molecule has 0 fully saturated rings. The quantitative estimate of drug-likeness (QED) is 0.135. The zero-order chi connectivity index (χ0) is 34.7. The molecule has 0 saturated carbocycles. The van der Waals surface area contributed by atoms with Crippen molar-refractivity contribution in [1.82, 2.24) is 4.57 Å². The molecule has 10 heteroatoms. The Labute approximate surface area is 301 Å². The Morgan fingerprint density at radius 1 is 1.04 bits per heavy atom. The van der Waals surface area contributed by atoms with Crippen molar-refractivity contribution in [1.29, 1.82) is 0 Å². The van der Waals surface area contributed by atoms with Gasteiger partial charge in [0.15, 0.2) is 16.3 Å². The summed E-state index contributed by atoms with van der Waals surface area (Å²) in [6.45, 7) is 6.52. The van der Waals surface area contributed by atoms with Gasteiger partial charge in [-0.2, -0.15) is 0 Å². The molecule has 49 heavy (non-hydrogen) atoms. The number of aromatic nitrogens is 1. The van der Waals surface area contributed by atoms with Crippen LogP contribution in [0.5, 0.6) is 11.5 Å². The molecule has 0 saturated heterocycles. The molecule has 4 aromatic carbocycles. The Kier molecular flexibility index (Phi) is 10.5. The van der Waals surface area contributed by atoms with Gasteiger partial charge in [0.2, 0.25) is 0 Å². The maximum Gasteiger partial charge on any atom is 0.338 e. The molecule has 0 N–H and O–H groups in total. The van der Waals surface area contributed by atoms with Gasteiger partial charge < -0.3 is 14.2 Å². The van der Waals surface area contributed by atoms with Crippen LogP contribution >= 0.6 is 38.9 Å². The molecule has 0 amide bonds. The van der Waals surface area contributed by atoms with Crippen LogP contribution in [0.4, 0.5) is 0 Å². The van der Waals surface area contributed by atoms with Crippen LogP contribution in [0.15, 0.2) is 111 Å². The molecule has 1 aromatic heterocycles. The van der Waals surface area contributed by atoms with E-state index >= 15 is 0 Å². The molecule has 1 aliphatic heterocycles. The van der Waals surface area contributed by atoms with Crippen molar-refractivity contribution in [3.63, 3.8) is 0 Å². The highest BCUT2D eigenvalue weighted by molar-refractivity contribution is 9.10. The van der Waals surface area contributed by atoms with Crippen molar-refractivity contribution in [2.45, 2.75) is 39.3 Å².